The van der Waals surface area contributed by atoms with Gasteiger partial charge in [-0.05, 0) is 63.4 Å². The highest BCUT2D eigenvalue weighted by atomic mass is 32.2. The highest BCUT2D eigenvalue weighted by molar-refractivity contribution is 7.88. The lowest BCUT2D eigenvalue weighted by Crippen LogP contribution is -2.47. The van der Waals surface area contributed by atoms with E-state index in [-0.39, 0.29) is 44.1 Å². The Morgan fingerprint density at radius 3 is 2.42 bits per heavy atom. The third-order valence-corrected chi connectivity index (χ3v) is 9.22. The van der Waals surface area contributed by atoms with Crippen LogP contribution >= 0.6 is 0 Å². The number of sulfonamides is 1. The number of hydrogen-bond acceptors (Lipinski definition) is 9. The van der Waals surface area contributed by atoms with Gasteiger partial charge in [-0.25, -0.2) is 17.5 Å². The summed E-state index contributed by atoms with van der Waals surface area (Å²) < 4.78 is 48.7. The highest BCUT2D eigenvalue weighted by Crippen LogP contribution is 2.34. The Balaban J connectivity index is 1.61. The second-order valence-corrected chi connectivity index (χ2v) is 13.8. The Hall–Kier alpha value is -3.59. The minimum absolute atomic E-state index is 0.116. The van der Waals surface area contributed by atoms with Gasteiger partial charge >= 0.3 is 6.03 Å². The number of hydrogen-bond donors (Lipinski definition) is 3. The Kier molecular flexibility index (Phi) is 11.5. The van der Waals surface area contributed by atoms with Crippen molar-refractivity contribution in [3.8, 4) is 17.2 Å². The first kappa shape index (κ1) is 34.3. The van der Waals surface area contributed by atoms with Crippen LogP contribution in [-0.4, -0.2) is 99.3 Å². The predicted molar refractivity (Wildman–Crippen MR) is 170 cm³/mol. The zero-order valence-corrected chi connectivity index (χ0v) is 27.3. The van der Waals surface area contributed by atoms with Crippen LogP contribution in [0.2, 0.25) is 0 Å². The maximum atomic E-state index is 14.2. The highest BCUT2D eigenvalue weighted by Gasteiger charge is 2.31. The number of urea groups is 1. The van der Waals surface area contributed by atoms with Crippen LogP contribution in [0.15, 0.2) is 36.4 Å². The molecule has 0 saturated carbocycles. The fourth-order valence-electron chi connectivity index (χ4n) is 5.12. The van der Waals surface area contributed by atoms with Crippen molar-refractivity contribution in [2.75, 3.05) is 57.0 Å². The number of benzene rings is 2. The van der Waals surface area contributed by atoms with E-state index in [0.717, 1.165) is 19.1 Å². The zero-order valence-electron chi connectivity index (χ0n) is 26.4. The molecule has 4 rings (SSSR count). The van der Waals surface area contributed by atoms with Crippen LogP contribution in [-0.2, 0) is 14.8 Å². The Morgan fingerprint density at radius 1 is 1.07 bits per heavy atom. The number of aliphatic hydroxyl groups is 1. The first-order valence-electron chi connectivity index (χ1n) is 15.1. The number of ether oxygens (including phenoxy) is 4. The molecule has 2 heterocycles. The van der Waals surface area contributed by atoms with Crippen molar-refractivity contribution >= 4 is 33.3 Å². The first-order chi connectivity index (χ1) is 21.3. The van der Waals surface area contributed by atoms with Crippen LogP contribution in [0.5, 0.6) is 17.2 Å². The van der Waals surface area contributed by atoms with E-state index in [4.69, 9.17) is 18.9 Å². The summed E-state index contributed by atoms with van der Waals surface area (Å²) >= 11 is 0. The minimum Gasteiger partial charge on any atom is -0.490 e. The molecule has 13 nitrogen and oxygen atoms in total. The molecule has 4 atom stereocenters. The number of rotatable bonds is 7. The third kappa shape index (κ3) is 9.22. The average molecular weight is 649 g/mol. The molecule has 3 amide bonds. The summed E-state index contributed by atoms with van der Waals surface area (Å²) in [7, 11) is -1.95. The number of nitrogens with zero attached hydrogens (tertiary/aromatic N) is 2. The second kappa shape index (κ2) is 15.1. The van der Waals surface area contributed by atoms with E-state index in [1.54, 1.807) is 43.3 Å². The minimum atomic E-state index is -3.45. The molecule has 14 heteroatoms. The van der Waals surface area contributed by atoms with Crippen LogP contribution in [0.3, 0.4) is 0 Å². The Bertz CT molecular complexity index is 1450. The number of anilines is 2. The largest absolute Gasteiger partial charge is 0.490 e. The molecule has 3 N–H and O–H groups in total. The number of amides is 3. The van der Waals surface area contributed by atoms with Crippen molar-refractivity contribution in [3.63, 3.8) is 0 Å². The van der Waals surface area contributed by atoms with Crippen LogP contribution in [0.1, 0.15) is 50.4 Å². The molecule has 0 unspecified atom stereocenters. The van der Waals surface area contributed by atoms with Gasteiger partial charge in [0.05, 0.1) is 36.7 Å². The van der Waals surface area contributed by atoms with E-state index in [2.05, 4.69) is 10.6 Å². The second-order valence-electron chi connectivity index (χ2n) is 11.7. The molecule has 0 saturated heterocycles. The van der Waals surface area contributed by atoms with E-state index >= 15 is 0 Å². The zero-order chi connectivity index (χ0) is 32.7. The summed E-state index contributed by atoms with van der Waals surface area (Å²) in [5.74, 6) is 0.790. The van der Waals surface area contributed by atoms with Gasteiger partial charge in [0.2, 0.25) is 16.8 Å². The molecule has 2 aliphatic rings. The fraction of sp³-hybridized carbons (Fsp3) is 0.548. The third-order valence-electron chi connectivity index (χ3n) is 7.94. The summed E-state index contributed by atoms with van der Waals surface area (Å²) in [5, 5.41) is 15.6. The van der Waals surface area contributed by atoms with Gasteiger partial charge in [-0.3, -0.25) is 4.79 Å². The lowest BCUT2D eigenvalue weighted by molar-refractivity contribution is -0.00828. The molecule has 2 aliphatic heterocycles. The SMILES string of the molecule is C[C@H](CO)N1C[C@H](C)[C@@H](CN(C)S(C)(=O)=O)OCCCC[C@H](C)Oc2ccc(NC(=O)Nc3ccc4c(c3)OCO4)cc2C1=O. The van der Waals surface area contributed by atoms with Crippen molar-refractivity contribution in [1.82, 2.24) is 9.21 Å². The van der Waals surface area contributed by atoms with Crippen molar-refractivity contribution in [2.24, 2.45) is 5.92 Å². The van der Waals surface area contributed by atoms with Crippen LogP contribution < -0.4 is 24.8 Å². The quantitative estimate of drug-likeness (QED) is 0.407. The standard InChI is InChI=1S/C31H44N4O9S/c1-20-16-35(21(2)18-36)30(37)25-14-23(32-31(38)33-24-10-12-27-28(15-24)43-19-42-27)9-11-26(25)44-22(3)8-6-7-13-41-29(20)17-34(4)45(5,39)40/h9-12,14-15,20-22,29,36H,6-8,13,16-19H2,1-5H3,(H2,32,33,38)/t20-,21+,22-,29+/m0/s1. The maximum absolute atomic E-state index is 14.2. The molecule has 0 aliphatic carbocycles. The number of fused-ring (bicyclic) bond motifs is 2. The monoisotopic (exact) mass is 648 g/mol. The Labute approximate surface area is 264 Å². The molecular weight excluding hydrogens is 604 g/mol. The topological polar surface area (TPSA) is 156 Å². The summed E-state index contributed by atoms with van der Waals surface area (Å²) in [6.45, 7) is 6.11. The average Bonchev–Trinajstić information content (AvgIpc) is 3.46. The fourth-order valence-corrected chi connectivity index (χ4v) is 5.54. The van der Waals surface area contributed by atoms with Crippen molar-refractivity contribution in [2.45, 2.75) is 58.3 Å². The van der Waals surface area contributed by atoms with Gasteiger partial charge in [0.1, 0.15) is 5.75 Å². The number of likely N-dealkylation sites (N-methyl/N-ethyl adjacent to an activating group) is 1. The predicted octanol–water partition coefficient (Wildman–Crippen LogP) is 3.75. The van der Waals surface area contributed by atoms with Gasteiger partial charge in [0, 0.05) is 50.1 Å². The molecule has 0 spiro atoms. The number of nitrogens with one attached hydrogen (secondary N) is 2. The molecule has 248 valence electrons. The van der Waals surface area contributed by atoms with Gasteiger partial charge in [-0.2, -0.15) is 0 Å². The summed E-state index contributed by atoms with van der Waals surface area (Å²) in [6, 6.07) is 8.83. The van der Waals surface area contributed by atoms with E-state index < -0.39 is 34.1 Å². The normalized spacial score (nSPS) is 21.8. The summed E-state index contributed by atoms with van der Waals surface area (Å²) in [6.07, 6.45) is 2.69. The van der Waals surface area contributed by atoms with Gasteiger partial charge in [-0.15, -0.1) is 0 Å². The maximum Gasteiger partial charge on any atom is 0.323 e. The molecular formula is C31H44N4O9S. The summed E-state index contributed by atoms with van der Waals surface area (Å²) in [5.41, 5.74) is 1.08. The van der Waals surface area contributed by atoms with E-state index in [1.807, 2.05) is 13.8 Å². The van der Waals surface area contributed by atoms with Crippen molar-refractivity contribution in [3.05, 3.63) is 42.0 Å². The molecule has 45 heavy (non-hydrogen) atoms. The lowest BCUT2D eigenvalue weighted by atomic mass is 10.0. The van der Waals surface area contributed by atoms with Crippen molar-refractivity contribution < 1.29 is 42.1 Å². The van der Waals surface area contributed by atoms with Gasteiger partial charge < -0.3 is 39.6 Å². The van der Waals surface area contributed by atoms with Gasteiger partial charge in [0.25, 0.3) is 5.91 Å². The molecule has 2 aromatic rings. The molecule has 0 fully saturated rings. The van der Waals surface area contributed by atoms with E-state index in [0.29, 0.717) is 41.7 Å². The first-order valence-corrected chi connectivity index (χ1v) is 16.9. The summed E-state index contributed by atoms with van der Waals surface area (Å²) in [4.78, 5) is 28.7. The Morgan fingerprint density at radius 2 is 1.73 bits per heavy atom. The lowest BCUT2D eigenvalue weighted by Gasteiger charge is -2.35. The van der Waals surface area contributed by atoms with Crippen LogP contribution in [0.4, 0.5) is 16.2 Å². The van der Waals surface area contributed by atoms with Crippen LogP contribution in [0, 0.1) is 5.92 Å². The number of aliphatic hydroxyl groups excluding tert-OH is 1. The number of carbonyl (C=O) groups excluding carboxylic acids is 2. The van der Waals surface area contributed by atoms with Gasteiger partial charge in [0.15, 0.2) is 11.5 Å². The van der Waals surface area contributed by atoms with E-state index in [1.165, 1.54) is 16.3 Å². The van der Waals surface area contributed by atoms with Crippen molar-refractivity contribution in [1.29, 1.82) is 0 Å². The molecule has 0 aromatic heterocycles. The smallest absolute Gasteiger partial charge is 0.323 e. The molecule has 2 aromatic carbocycles. The molecule has 0 radical (unpaired) electrons. The van der Waals surface area contributed by atoms with E-state index in [9.17, 15) is 23.1 Å². The molecule has 0 bridgehead atoms. The van der Waals surface area contributed by atoms with Crippen LogP contribution in [0.25, 0.3) is 0 Å². The van der Waals surface area contributed by atoms with Gasteiger partial charge in [-0.1, -0.05) is 6.92 Å². The number of carbonyl (C=O) groups is 2.